The maximum atomic E-state index is 12.8. The number of aromatic nitrogens is 2. The zero-order chi connectivity index (χ0) is 10.7. The van der Waals surface area contributed by atoms with E-state index in [0.717, 1.165) is 4.90 Å². The molecule has 15 heavy (non-hydrogen) atoms. The van der Waals surface area contributed by atoms with Crippen LogP contribution in [0, 0.1) is 5.95 Å². The van der Waals surface area contributed by atoms with Crippen LogP contribution in [0.5, 0.6) is 0 Å². The average molecular weight is 241 g/mol. The SMILES string of the molecule is Fc1cc(Sc2ccccc2Cl)ncn1. The van der Waals surface area contributed by atoms with Crippen molar-refractivity contribution in [2.24, 2.45) is 0 Å². The van der Waals surface area contributed by atoms with Crippen LogP contribution < -0.4 is 0 Å². The minimum atomic E-state index is -0.542. The molecule has 0 N–H and O–H groups in total. The van der Waals surface area contributed by atoms with E-state index >= 15 is 0 Å². The number of hydrogen-bond acceptors (Lipinski definition) is 3. The van der Waals surface area contributed by atoms with Gasteiger partial charge in [0.25, 0.3) is 0 Å². The molecule has 0 aliphatic heterocycles. The second kappa shape index (κ2) is 4.59. The number of hydrogen-bond donors (Lipinski definition) is 0. The molecule has 0 bridgehead atoms. The summed E-state index contributed by atoms with van der Waals surface area (Å²) >= 11 is 7.26. The van der Waals surface area contributed by atoms with Crippen LogP contribution in [0.25, 0.3) is 0 Å². The lowest BCUT2D eigenvalue weighted by Gasteiger charge is -2.01. The van der Waals surface area contributed by atoms with E-state index in [9.17, 15) is 4.39 Å². The quantitative estimate of drug-likeness (QED) is 0.753. The molecule has 76 valence electrons. The van der Waals surface area contributed by atoms with Crippen molar-refractivity contribution in [2.45, 2.75) is 9.92 Å². The van der Waals surface area contributed by atoms with Crippen LogP contribution >= 0.6 is 23.4 Å². The summed E-state index contributed by atoms with van der Waals surface area (Å²) in [6.45, 7) is 0. The Hall–Kier alpha value is -1.13. The Morgan fingerprint density at radius 2 is 2.00 bits per heavy atom. The maximum absolute atomic E-state index is 12.8. The molecular weight excluding hydrogens is 235 g/mol. The molecule has 2 nitrogen and oxygen atoms in total. The molecule has 2 aromatic rings. The summed E-state index contributed by atoms with van der Waals surface area (Å²) in [6.07, 6.45) is 1.19. The lowest BCUT2D eigenvalue weighted by molar-refractivity contribution is 0.572. The summed E-state index contributed by atoms with van der Waals surface area (Å²) in [4.78, 5) is 8.15. The van der Waals surface area contributed by atoms with E-state index in [4.69, 9.17) is 11.6 Å². The molecule has 0 radical (unpaired) electrons. The number of halogens is 2. The monoisotopic (exact) mass is 240 g/mol. The fraction of sp³-hybridized carbons (Fsp3) is 0. The molecule has 1 aromatic carbocycles. The van der Waals surface area contributed by atoms with Gasteiger partial charge in [-0.3, -0.25) is 0 Å². The number of benzene rings is 1. The molecule has 5 heteroatoms. The summed E-state index contributed by atoms with van der Waals surface area (Å²) in [7, 11) is 0. The predicted octanol–water partition coefficient (Wildman–Crippen LogP) is 3.42. The van der Waals surface area contributed by atoms with Gasteiger partial charge in [-0.2, -0.15) is 4.39 Å². The van der Waals surface area contributed by atoms with Crippen LogP contribution in [0.2, 0.25) is 5.02 Å². The molecule has 0 fully saturated rings. The van der Waals surface area contributed by atoms with Gasteiger partial charge in [-0.1, -0.05) is 35.5 Å². The predicted molar refractivity (Wildman–Crippen MR) is 57.6 cm³/mol. The van der Waals surface area contributed by atoms with Crippen molar-refractivity contribution in [3.8, 4) is 0 Å². The second-order valence-corrected chi connectivity index (χ2v) is 4.18. The molecule has 0 spiro atoms. The van der Waals surface area contributed by atoms with E-state index in [-0.39, 0.29) is 0 Å². The van der Waals surface area contributed by atoms with Gasteiger partial charge in [-0.25, -0.2) is 9.97 Å². The fourth-order valence-corrected chi connectivity index (χ4v) is 2.06. The van der Waals surface area contributed by atoms with Crippen LogP contribution in [0.1, 0.15) is 0 Å². The molecule has 0 atom stereocenters. The largest absolute Gasteiger partial charge is 0.229 e. The van der Waals surface area contributed by atoms with Crippen LogP contribution in [0.3, 0.4) is 0 Å². The zero-order valence-corrected chi connectivity index (χ0v) is 9.10. The topological polar surface area (TPSA) is 25.8 Å². The van der Waals surface area contributed by atoms with Crippen LogP contribution in [-0.2, 0) is 0 Å². The first kappa shape index (κ1) is 10.4. The molecule has 1 aromatic heterocycles. The Morgan fingerprint density at radius 1 is 1.20 bits per heavy atom. The van der Waals surface area contributed by atoms with Gasteiger partial charge in [0, 0.05) is 11.0 Å². The smallest absolute Gasteiger partial charge is 0.217 e. The molecule has 1 heterocycles. The second-order valence-electron chi connectivity index (χ2n) is 2.71. The fourth-order valence-electron chi connectivity index (χ4n) is 1.01. The van der Waals surface area contributed by atoms with Gasteiger partial charge in [0.1, 0.15) is 11.4 Å². The number of nitrogens with zero attached hydrogens (tertiary/aromatic N) is 2. The molecule has 0 saturated carbocycles. The van der Waals surface area contributed by atoms with Gasteiger partial charge in [0.15, 0.2) is 0 Å². The van der Waals surface area contributed by atoms with E-state index in [1.54, 1.807) is 6.07 Å². The Bertz CT molecular complexity index is 478. The Kier molecular flexibility index (Phi) is 3.18. The van der Waals surface area contributed by atoms with E-state index < -0.39 is 5.95 Å². The molecule has 0 aliphatic carbocycles. The summed E-state index contributed by atoms with van der Waals surface area (Å²) in [5.41, 5.74) is 0. The van der Waals surface area contributed by atoms with Crippen molar-refractivity contribution in [3.05, 3.63) is 47.6 Å². The summed E-state index contributed by atoms with van der Waals surface area (Å²) in [5.74, 6) is -0.542. The number of rotatable bonds is 2. The maximum Gasteiger partial charge on any atom is 0.217 e. The lowest BCUT2D eigenvalue weighted by atomic mass is 10.4. The van der Waals surface area contributed by atoms with Gasteiger partial charge in [0.2, 0.25) is 5.95 Å². The highest BCUT2D eigenvalue weighted by Gasteiger charge is 2.03. The summed E-state index contributed by atoms with van der Waals surface area (Å²) in [5, 5.41) is 1.16. The van der Waals surface area contributed by atoms with Crippen molar-refractivity contribution in [1.29, 1.82) is 0 Å². The minimum absolute atomic E-state index is 0.538. The van der Waals surface area contributed by atoms with Gasteiger partial charge in [-0.15, -0.1) is 0 Å². The van der Waals surface area contributed by atoms with E-state index in [2.05, 4.69) is 9.97 Å². The lowest BCUT2D eigenvalue weighted by Crippen LogP contribution is -1.86. The molecule has 0 unspecified atom stereocenters. The van der Waals surface area contributed by atoms with Crippen molar-refractivity contribution in [2.75, 3.05) is 0 Å². The Morgan fingerprint density at radius 3 is 2.73 bits per heavy atom. The molecule has 0 amide bonds. The van der Waals surface area contributed by atoms with E-state index in [0.29, 0.717) is 10.0 Å². The van der Waals surface area contributed by atoms with Crippen molar-refractivity contribution in [1.82, 2.24) is 9.97 Å². The molecule has 0 saturated heterocycles. The first-order chi connectivity index (χ1) is 7.25. The van der Waals surface area contributed by atoms with Crippen LogP contribution in [0.4, 0.5) is 4.39 Å². The van der Waals surface area contributed by atoms with Gasteiger partial charge in [-0.05, 0) is 12.1 Å². The zero-order valence-electron chi connectivity index (χ0n) is 7.52. The van der Waals surface area contributed by atoms with Gasteiger partial charge >= 0.3 is 0 Å². The highest BCUT2D eigenvalue weighted by molar-refractivity contribution is 7.99. The standard InChI is InChI=1S/C10H6ClFN2S/c11-7-3-1-2-4-8(7)15-10-5-9(12)13-6-14-10/h1-6H. The van der Waals surface area contributed by atoms with Gasteiger partial charge < -0.3 is 0 Å². The highest BCUT2D eigenvalue weighted by Crippen LogP contribution is 2.31. The normalized spacial score (nSPS) is 10.3. The van der Waals surface area contributed by atoms with Crippen molar-refractivity contribution < 1.29 is 4.39 Å². The first-order valence-corrected chi connectivity index (χ1v) is 5.35. The minimum Gasteiger partial charge on any atom is -0.229 e. The molecule has 2 rings (SSSR count). The van der Waals surface area contributed by atoms with E-state index in [1.165, 1.54) is 24.2 Å². The average Bonchev–Trinajstić information content (AvgIpc) is 2.22. The third kappa shape index (κ3) is 2.67. The molecular formula is C10H6ClFN2S. The van der Waals surface area contributed by atoms with Crippen LogP contribution in [0.15, 0.2) is 46.6 Å². The van der Waals surface area contributed by atoms with Gasteiger partial charge in [0.05, 0.1) is 5.02 Å². The van der Waals surface area contributed by atoms with Crippen molar-refractivity contribution in [3.63, 3.8) is 0 Å². The first-order valence-electron chi connectivity index (χ1n) is 4.15. The highest BCUT2D eigenvalue weighted by atomic mass is 35.5. The third-order valence-corrected chi connectivity index (χ3v) is 3.11. The Balaban J connectivity index is 2.26. The van der Waals surface area contributed by atoms with E-state index in [1.807, 2.05) is 18.2 Å². The Labute approximate surface area is 95.5 Å². The summed E-state index contributed by atoms with van der Waals surface area (Å²) in [6, 6.07) is 8.61. The van der Waals surface area contributed by atoms with Crippen LogP contribution in [-0.4, -0.2) is 9.97 Å². The van der Waals surface area contributed by atoms with Crippen molar-refractivity contribution >= 4 is 23.4 Å². The third-order valence-electron chi connectivity index (χ3n) is 1.66. The molecule has 0 aliphatic rings. The summed E-state index contributed by atoms with van der Waals surface area (Å²) < 4.78 is 12.8.